The van der Waals surface area contributed by atoms with Crippen molar-refractivity contribution in [3.05, 3.63) is 0 Å². The van der Waals surface area contributed by atoms with Crippen molar-refractivity contribution in [1.29, 1.82) is 0 Å². The van der Waals surface area contributed by atoms with Gasteiger partial charge in [0.25, 0.3) is 0 Å². The Hall–Kier alpha value is -1.14. The summed E-state index contributed by atoms with van der Waals surface area (Å²) in [5.41, 5.74) is 0. The largest absolute Gasteiger partial charge is 0.466 e. The molecule has 0 amide bonds. The fourth-order valence-corrected chi connectivity index (χ4v) is 2.22. The minimum Gasteiger partial charge on any atom is -0.466 e. The van der Waals surface area contributed by atoms with Crippen LogP contribution in [0.1, 0.15) is 73.1 Å². The molecule has 6 heteroatoms. The zero-order valence-electron chi connectivity index (χ0n) is 15.9. The third-order valence-corrected chi connectivity index (χ3v) is 3.36. The summed E-state index contributed by atoms with van der Waals surface area (Å²) < 4.78 is 21.5. The average Bonchev–Trinajstić information content (AvgIpc) is 3.02. The summed E-state index contributed by atoms with van der Waals surface area (Å²) in [7, 11) is 0. The quantitative estimate of drug-likeness (QED) is 0.444. The molecule has 0 bridgehead atoms. The molecule has 24 heavy (non-hydrogen) atoms. The van der Waals surface area contributed by atoms with Gasteiger partial charge < -0.3 is 18.9 Å². The topological polar surface area (TPSA) is 71.1 Å². The molecule has 0 N–H and O–H groups in total. The number of hydrogen-bond donors (Lipinski definition) is 0. The van der Waals surface area contributed by atoms with Crippen LogP contribution in [0.2, 0.25) is 0 Å². The molecule has 1 fully saturated rings. The van der Waals surface area contributed by atoms with Gasteiger partial charge >= 0.3 is 11.9 Å². The average molecular weight is 346 g/mol. The van der Waals surface area contributed by atoms with Crippen LogP contribution in [0.15, 0.2) is 0 Å². The fourth-order valence-electron chi connectivity index (χ4n) is 2.22. The van der Waals surface area contributed by atoms with E-state index in [-0.39, 0.29) is 30.9 Å². The van der Waals surface area contributed by atoms with Gasteiger partial charge in [0.15, 0.2) is 5.79 Å². The van der Waals surface area contributed by atoms with Crippen molar-refractivity contribution in [2.24, 2.45) is 0 Å². The van der Waals surface area contributed by atoms with Crippen LogP contribution in [0, 0.1) is 0 Å². The van der Waals surface area contributed by atoms with Gasteiger partial charge in [0, 0.05) is 12.8 Å². The summed E-state index contributed by atoms with van der Waals surface area (Å²) in [6, 6.07) is 0. The molecule has 142 valence electrons. The third kappa shape index (κ3) is 9.88. The highest BCUT2D eigenvalue weighted by atomic mass is 16.7. The van der Waals surface area contributed by atoms with Gasteiger partial charge in [0.1, 0.15) is 0 Å². The van der Waals surface area contributed by atoms with Crippen molar-refractivity contribution in [3.63, 3.8) is 0 Å². The van der Waals surface area contributed by atoms with E-state index >= 15 is 0 Å². The van der Waals surface area contributed by atoms with E-state index in [1.165, 1.54) is 0 Å². The molecule has 0 saturated carbocycles. The predicted molar refractivity (Wildman–Crippen MR) is 91.5 cm³/mol. The van der Waals surface area contributed by atoms with Crippen molar-refractivity contribution in [3.8, 4) is 0 Å². The smallest absolute Gasteiger partial charge is 0.306 e. The van der Waals surface area contributed by atoms with E-state index in [1.54, 1.807) is 0 Å². The fraction of sp³-hybridized carbons (Fsp3) is 0.889. The summed E-state index contributed by atoms with van der Waals surface area (Å²) in [5, 5.41) is 0. The van der Waals surface area contributed by atoms with Crippen molar-refractivity contribution in [2.45, 2.75) is 85.0 Å². The standard InChI is InChI=1S/C16H28O6.C2H6/c1-4-5-10-19-14(17)6-8-16(20-11-12-21-16)9-7-15(18)22-13(2)3;1-2/h13H,4-12H2,1-3H3;1-2H3. The summed E-state index contributed by atoms with van der Waals surface area (Å²) in [4.78, 5) is 23.3. The number of unbranched alkanes of at least 4 members (excludes halogenated alkanes) is 1. The van der Waals surface area contributed by atoms with E-state index in [4.69, 9.17) is 18.9 Å². The van der Waals surface area contributed by atoms with Crippen LogP contribution in [-0.4, -0.2) is 43.7 Å². The molecule has 1 aliphatic heterocycles. The molecular formula is C18H34O6. The van der Waals surface area contributed by atoms with Crippen LogP contribution < -0.4 is 0 Å². The predicted octanol–water partition coefficient (Wildman–Crippen LogP) is 3.61. The van der Waals surface area contributed by atoms with E-state index in [0.29, 0.717) is 32.7 Å². The van der Waals surface area contributed by atoms with Crippen LogP contribution in [0.25, 0.3) is 0 Å². The first-order valence-corrected chi connectivity index (χ1v) is 9.10. The molecule has 0 aromatic rings. The Morgan fingerprint density at radius 3 is 2.08 bits per heavy atom. The number of hydrogen-bond acceptors (Lipinski definition) is 6. The first-order valence-electron chi connectivity index (χ1n) is 9.10. The van der Waals surface area contributed by atoms with Crippen LogP contribution >= 0.6 is 0 Å². The molecule has 1 rings (SSSR count). The van der Waals surface area contributed by atoms with Gasteiger partial charge in [0.2, 0.25) is 0 Å². The zero-order chi connectivity index (χ0) is 18.4. The molecule has 0 atom stereocenters. The van der Waals surface area contributed by atoms with Gasteiger partial charge in [-0.05, 0) is 20.3 Å². The highest BCUT2D eigenvalue weighted by molar-refractivity contribution is 5.70. The molecule has 1 saturated heterocycles. The number of carbonyl (C=O) groups excluding carboxylic acids is 2. The molecule has 0 aliphatic carbocycles. The Balaban J connectivity index is 0.00000254. The lowest BCUT2D eigenvalue weighted by atomic mass is 10.0. The third-order valence-electron chi connectivity index (χ3n) is 3.36. The Labute approximate surface area is 146 Å². The van der Waals surface area contributed by atoms with Gasteiger partial charge in [-0.25, -0.2) is 0 Å². The molecule has 0 aromatic carbocycles. The summed E-state index contributed by atoms with van der Waals surface area (Å²) in [5.74, 6) is -1.39. The maximum absolute atomic E-state index is 11.7. The van der Waals surface area contributed by atoms with Crippen LogP contribution in [0.3, 0.4) is 0 Å². The lowest BCUT2D eigenvalue weighted by Gasteiger charge is -2.26. The summed E-state index contributed by atoms with van der Waals surface area (Å²) in [6.07, 6.45) is 2.94. The van der Waals surface area contributed by atoms with E-state index in [0.717, 1.165) is 12.8 Å². The minimum atomic E-state index is -0.861. The normalized spacial score (nSPS) is 15.6. The Bertz CT molecular complexity index is 347. The molecular weight excluding hydrogens is 312 g/mol. The van der Waals surface area contributed by atoms with E-state index < -0.39 is 5.79 Å². The zero-order valence-corrected chi connectivity index (χ0v) is 15.9. The van der Waals surface area contributed by atoms with E-state index in [9.17, 15) is 9.59 Å². The van der Waals surface area contributed by atoms with Crippen LogP contribution in [0.4, 0.5) is 0 Å². The van der Waals surface area contributed by atoms with Gasteiger partial charge in [-0.15, -0.1) is 0 Å². The molecule has 0 unspecified atom stereocenters. The summed E-state index contributed by atoms with van der Waals surface area (Å²) in [6.45, 7) is 11.1. The monoisotopic (exact) mass is 346 g/mol. The molecule has 0 radical (unpaired) electrons. The van der Waals surface area contributed by atoms with E-state index in [2.05, 4.69) is 0 Å². The SMILES string of the molecule is CC.CCCCOC(=O)CCC1(CCC(=O)OC(C)C)OCCO1. The van der Waals surface area contributed by atoms with Crippen LogP contribution in [-0.2, 0) is 28.5 Å². The molecule has 1 aliphatic rings. The lowest BCUT2D eigenvalue weighted by molar-refractivity contribution is -0.179. The Kier molecular flexibility index (Phi) is 12.6. The number of rotatable bonds is 10. The Morgan fingerprint density at radius 1 is 1.04 bits per heavy atom. The molecule has 1 heterocycles. The first-order chi connectivity index (χ1) is 11.5. The maximum Gasteiger partial charge on any atom is 0.306 e. The van der Waals surface area contributed by atoms with Crippen molar-refractivity contribution in [1.82, 2.24) is 0 Å². The van der Waals surface area contributed by atoms with Gasteiger partial charge in [-0.2, -0.15) is 0 Å². The van der Waals surface area contributed by atoms with Crippen molar-refractivity contribution < 1.29 is 28.5 Å². The number of ether oxygens (including phenoxy) is 4. The minimum absolute atomic E-state index is 0.137. The van der Waals surface area contributed by atoms with Crippen LogP contribution in [0.5, 0.6) is 0 Å². The molecule has 6 nitrogen and oxygen atoms in total. The second-order valence-electron chi connectivity index (χ2n) is 5.72. The van der Waals surface area contributed by atoms with Crippen molar-refractivity contribution in [2.75, 3.05) is 19.8 Å². The first kappa shape index (κ1) is 22.9. The van der Waals surface area contributed by atoms with E-state index in [1.807, 2.05) is 34.6 Å². The maximum atomic E-state index is 11.7. The van der Waals surface area contributed by atoms with Gasteiger partial charge in [-0.3, -0.25) is 9.59 Å². The van der Waals surface area contributed by atoms with Gasteiger partial charge in [-0.1, -0.05) is 27.2 Å². The van der Waals surface area contributed by atoms with Crippen molar-refractivity contribution >= 4 is 11.9 Å². The highest BCUT2D eigenvalue weighted by Crippen LogP contribution is 2.30. The lowest BCUT2D eigenvalue weighted by Crippen LogP contribution is -2.32. The second kappa shape index (κ2) is 13.2. The van der Waals surface area contributed by atoms with Gasteiger partial charge in [0.05, 0.1) is 38.8 Å². The number of esters is 2. The highest BCUT2D eigenvalue weighted by Gasteiger charge is 2.37. The number of carbonyl (C=O) groups is 2. The Morgan fingerprint density at radius 2 is 1.58 bits per heavy atom. The molecule has 0 spiro atoms. The summed E-state index contributed by atoms with van der Waals surface area (Å²) >= 11 is 0. The molecule has 0 aromatic heterocycles. The second-order valence-corrected chi connectivity index (χ2v) is 5.72.